The summed E-state index contributed by atoms with van der Waals surface area (Å²) in [7, 11) is 3.65. The number of benzene rings is 3. The summed E-state index contributed by atoms with van der Waals surface area (Å²) < 4.78 is 24.8. The number of nitriles is 1. The molecule has 2 saturated heterocycles. The number of aliphatic hydroxyl groups excluding tert-OH is 1. The highest BCUT2D eigenvalue weighted by molar-refractivity contribution is 7.99. The van der Waals surface area contributed by atoms with Crippen LogP contribution in [0.2, 0.25) is 0 Å². The molecule has 2 fully saturated rings. The lowest BCUT2D eigenvalue weighted by Crippen LogP contribution is -2.69. The molecule has 0 radical (unpaired) electrons. The van der Waals surface area contributed by atoms with Gasteiger partial charge in [0, 0.05) is 51.2 Å². The number of hydrogen-bond donors (Lipinski definition) is 4. The van der Waals surface area contributed by atoms with Gasteiger partial charge in [-0.05, 0) is 93.1 Å². The van der Waals surface area contributed by atoms with Crippen LogP contribution in [0.15, 0.2) is 24.3 Å². The normalized spacial score (nSPS) is 30.7. The standard InChI is InChI=1S/C42H45N5O7S/c1-18-7-8-26-24(9-18)25-12-23(14-48)45-42(40(25)44-26)16-55-39-30-20(3)21(4)37-38(54-17-53-37)32(30)29(15-52-41(42)50)47-28(13-43)27-11-22-10-19(2)36(51-6)35(49)31(22)33(34(39)47)46(27)5/h7-10,23,27-29,33-34,39,44-45,48-49H,11-12,14-17H2,1-6H3/t23-,27+,28+,29+,33-,34-,39-,42-/m1/s1. The van der Waals surface area contributed by atoms with E-state index in [0.717, 1.165) is 66.7 Å². The van der Waals surface area contributed by atoms with E-state index >= 15 is 0 Å². The Hall–Kier alpha value is -4.45. The molecule has 0 unspecified atom stereocenters. The lowest BCUT2D eigenvalue weighted by atomic mass is 9.71. The number of fused-ring (bicyclic) bond motifs is 11. The van der Waals surface area contributed by atoms with Crippen LogP contribution in [-0.2, 0) is 27.9 Å². The Morgan fingerprint density at radius 1 is 1.07 bits per heavy atom. The van der Waals surface area contributed by atoms with Crippen molar-refractivity contribution >= 4 is 28.6 Å². The van der Waals surface area contributed by atoms with Crippen molar-refractivity contribution in [2.45, 2.75) is 87.6 Å². The average Bonchev–Trinajstić information content (AvgIpc) is 3.81. The van der Waals surface area contributed by atoms with Crippen LogP contribution in [0.4, 0.5) is 0 Å². The third-order valence-corrected chi connectivity index (χ3v) is 15.0. The number of methoxy groups -OCH3 is 1. The minimum Gasteiger partial charge on any atom is -0.504 e. The van der Waals surface area contributed by atoms with Gasteiger partial charge in [-0.1, -0.05) is 17.7 Å². The van der Waals surface area contributed by atoms with Gasteiger partial charge in [-0.3, -0.25) is 15.1 Å². The number of piperazine rings is 1. The van der Waals surface area contributed by atoms with Crippen LogP contribution < -0.4 is 19.5 Å². The smallest absolute Gasteiger partial charge is 0.333 e. The predicted octanol–water partition coefficient (Wildman–Crippen LogP) is 4.81. The molecule has 0 saturated carbocycles. The second-order valence-corrected chi connectivity index (χ2v) is 17.3. The molecule has 0 amide bonds. The van der Waals surface area contributed by atoms with E-state index < -0.39 is 23.6 Å². The zero-order valence-corrected chi connectivity index (χ0v) is 32.6. The lowest BCUT2D eigenvalue weighted by Gasteiger charge is -2.62. The van der Waals surface area contributed by atoms with Crippen molar-refractivity contribution in [1.29, 1.82) is 5.26 Å². The average molecular weight is 764 g/mol. The maximum Gasteiger partial charge on any atom is 0.333 e. The van der Waals surface area contributed by atoms with Crippen molar-refractivity contribution in [1.82, 2.24) is 20.1 Å². The summed E-state index contributed by atoms with van der Waals surface area (Å²) in [4.78, 5) is 23.2. The zero-order chi connectivity index (χ0) is 38.2. The molecule has 1 spiro atoms. The number of aryl methyl sites for hydroxylation is 2. The maximum atomic E-state index is 15.0. The minimum absolute atomic E-state index is 0.0443. The number of phenols is 1. The van der Waals surface area contributed by atoms with Gasteiger partial charge in [0.2, 0.25) is 6.79 Å². The Bertz CT molecular complexity index is 2370. The van der Waals surface area contributed by atoms with Crippen LogP contribution in [0.3, 0.4) is 0 Å². The van der Waals surface area contributed by atoms with Crippen LogP contribution >= 0.6 is 11.8 Å². The van der Waals surface area contributed by atoms with Gasteiger partial charge in [0.1, 0.15) is 12.6 Å². The lowest BCUT2D eigenvalue weighted by molar-refractivity contribution is -0.158. The number of aliphatic hydroxyl groups is 1. The first-order valence-electron chi connectivity index (χ1n) is 19.0. The number of aromatic amines is 1. The fraction of sp³-hybridized carbons (Fsp3) is 0.476. The van der Waals surface area contributed by atoms with E-state index in [1.165, 1.54) is 0 Å². The van der Waals surface area contributed by atoms with Gasteiger partial charge in [-0.15, -0.1) is 11.8 Å². The SMILES string of the molecule is COc1c(C)cc2c(c1O)[C@@H]1[C@@H]3[C@@H]4SC[C@]5(N[C@@H](CO)Cc6c5[nH]c5ccc(C)cc65)C(=O)OC[C@@H](c5c6c(c(C)c(C)c54)OCO6)N3[C@@H](C#N)[C@H](C2)N1C. The number of thioether (sulfide) groups is 1. The Kier molecular flexibility index (Phi) is 7.81. The first-order chi connectivity index (χ1) is 26.5. The summed E-state index contributed by atoms with van der Waals surface area (Å²) in [5.74, 6) is 1.73. The molecule has 8 heterocycles. The minimum atomic E-state index is -1.31. The number of H-pyrrole nitrogens is 1. The van der Waals surface area contributed by atoms with Crippen molar-refractivity contribution in [3.05, 3.63) is 80.0 Å². The number of carbonyl (C=O) groups is 1. The van der Waals surface area contributed by atoms with Gasteiger partial charge < -0.3 is 34.1 Å². The quantitative estimate of drug-likeness (QED) is 0.208. The molecule has 13 heteroatoms. The largest absolute Gasteiger partial charge is 0.504 e. The molecule has 12 nitrogen and oxygen atoms in total. The number of aromatic nitrogens is 1. The first kappa shape index (κ1) is 35.0. The highest BCUT2D eigenvalue weighted by Crippen LogP contribution is 2.63. The topological polar surface area (TPSA) is 153 Å². The summed E-state index contributed by atoms with van der Waals surface area (Å²) in [5.41, 5.74) is 9.20. The summed E-state index contributed by atoms with van der Waals surface area (Å²) in [6.07, 6.45) is 1.11. The molecular formula is C42H45N5O7S. The number of carbonyl (C=O) groups excluding carboxylic acids is 1. The number of nitrogens with zero attached hydrogens (tertiary/aromatic N) is 3. The molecule has 0 aliphatic carbocycles. The van der Waals surface area contributed by atoms with Gasteiger partial charge in [-0.2, -0.15) is 5.26 Å². The monoisotopic (exact) mass is 763 g/mol. The molecule has 286 valence electrons. The van der Waals surface area contributed by atoms with Gasteiger partial charge in [0.05, 0.1) is 37.6 Å². The number of hydrogen-bond acceptors (Lipinski definition) is 12. The first-order valence-corrected chi connectivity index (χ1v) is 20.1. The van der Waals surface area contributed by atoms with Crippen molar-refractivity contribution < 1.29 is 34.0 Å². The van der Waals surface area contributed by atoms with Crippen molar-refractivity contribution in [2.24, 2.45) is 0 Å². The Morgan fingerprint density at radius 3 is 2.64 bits per heavy atom. The summed E-state index contributed by atoms with van der Waals surface area (Å²) >= 11 is 1.65. The summed E-state index contributed by atoms with van der Waals surface area (Å²) in [5, 5.41) is 38.3. The van der Waals surface area contributed by atoms with Crippen LogP contribution in [0, 0.1) is 39.0 Å². The van der Waals surface area contributed by atoms with Gasteiger partial charge in [0.25, 0.3) is 0 Å². The van der Waals surface area contributed by atoms with Crippen LogP contribution in [-0.4, -0.2) is 95.1 Å². The maximum absolute atomic E-state index is 15.0. The van der Waals surface area contributed by atoms with Gasteiger partial charge >= 0.3 is 5.97 Å². The number of esters is 1. The number of phenolic OH excluding ortho intramolecular Hbond substituents is 1. The Balaban J connectivity index is 1.23. The molecule has 55 heavy (non-hydrogen) atoms. The molecular weight excluding hydrogens is 719 g/mol. The number of aromatic hydroxyl groups is 1. The number of ether oxygens (including phenoxy) is 4. The second-order valence-electron chi connectivity index (χ2n) is 16.2. The van der Waals surface area contributed by atoms with Crippen molar-refractivity contribution in [3.63, 3.8) is 0 Å². The Labute approximate surface area is 323 Å². The predicted molar refractivity (Wildman–Crippen MR) is 206 cm³/mol. The zero-order valence-electron chi connectivity index (χ0n) is 31.8. The third kappa shape index (κ3) is 4.57. The summed E-state index contributed by atoms with van der Waals surface area (Å²) in [6, 6.07) is 8.65. The molecule has 7 aliphatic rings. The van der Waals surface area contributed by atoms with Crippen LogP contribution in [0.1, 0.15) is 73.1 Å². The molecule has 4 aromatic rings. The van der Waals surface area contributed by atoms with Crippen LogP contribution in [0.25, 0.3) is 10.9 Å². The summed E-state index contributed by atoms with van der Waals surface area (Å²) in [6.45, 7) is 8.06. The van der Waals surface area contributed by atoms with E-state index in [0.29, 0.717) is 30.1 Å². The molecule has 11 rings (SSSR count). The Morgan fingerprint density at radius 2 is 1.87 bits per heavy atom. The van der Waals surface area contributed by atoms with E-state index in [9.17, 15) is 20.3 Å². The molecule has 1 aromatic heterocycles. The van der Waals surface area contributed by atoms with E-state index in [2.05, 4.69) is 72.2 Å². The fourth-order valence-electron chi connectivity index (χ4n) is 11.0. The highest BCUT2D eigenvalue weighted by Gasteiger charge is 2.61. The fourth-order valence-corrected chi connectivity index (χ4v) is 12.7. The molecule has 8 atom stereocenters. The number of likely N-dealkylation sites (N-methyl/N-ethyl adjacent to an activating group) is 1. The van der Waals surface area contributed by atoms with E-state index in [4.69, 9.17) is 18.9 Å². The second kappa shape index (κ2) is 12.3. The molecule has 3 aromatic carbocycles. The van der Waals surface area contributed by atoms with E-state index in [1.807, 2.05) is 13.0 Å². The van der Waals surface area contributed by atoms with Gasteiger partial charge in [-0.25, -0.2) is 4.79 Å². The van der Waals surface area contributed by atoms with E-state index in [1.54, 1.807) is 18.9 Å². The van der Waals surface area contributed by atoms with Gasteiger partial charge in [0.15, 0.2) is 28.5 Å². The van der Waals surface area contributed by atoms with Crippen molar-refractivity contribution in [3.8, 4) is 29.1 Å². The highest BCUT2D eigenvalue weighted by atomic mass is 32.2. The molecule has 7 aliphatic heterocycles. The van der Waals surface area contributed by atoms with E-state index in [-0.39, 0.29) is 60.9 Å². The third-order valence-electron chi connectivity index (χ3n) is 13.5. The molecule has 4 N–H and O–H groups in total. The number of rotatable bonds is 2. The molecule has 4 bridgehead atoms. The van der Waals surface area contributed by atoms with Crippen molar-refractivity contribution in [2.75, 3.05) is 39.9 Å². The number of nitrogens with one attached hydrogen (secondary N) is 2. The van der Waals surface area contributed by atoms with Crippen LogP contribution in [0.5, 0.6) is 23.0 Å².